The van der Waals surface area contributed by atoms with E-state index in [-0.39, 0.29) is 24.8 Å². The lowest BCUT2D eigenvalue weighted by Crippen LogP contribution is -2.45. The molecule has 140 valence electrons. The molecule has 0 radical (unpaired) electrons. The van der Waals surface area contributed by atoms with Crippen LogP contribution in [0.3, 0.4) is 0 Å². The number of benzene rings is 1. The summed E-state index contributed by atoms with van der Waals surface area (Å²) in [6.45, 7) is 3.02. The number of hydrogen-bond acceptors (Lipinski definition) is 4. The standard InChI is InChI=1S/C19H24N2O5/c1-12-5-6-16(26-2)15(8-12)21-11-14(9-17(21)22)18(23)20-7-3-4-13(10-20)19(24)25/h5-6,8,13-14H,3-4,7,9-11H2,1-2H3,(H,24,25). The normalized spacial score (nSPS) is 23.2. The topological polar surface area (TPSA) is 87.2 Å². The lowest BCUT2D eigenvalue weighted by molar-refractivity contribution is -0.146. The van der Waals surface area contributed by atoms with E-state index in [1.54, 1.807) is 16.9 Å². The van der Waals surface area contributed by atoms with E-state index in [0.29, 0.717) is 37.4 Å². The summed E-state index contributed by atoms with van der Waals surface area (Å²) >= 11 is 0. The third-order valence-corrected chi connectivity index (χ3v) is 5.18. The van der Waals surface area contributed by atoms with Crippen LogP contribution in [0, 0.1) is 18.8 Å². The molecule has 2 heterocycles. The summed E-state index contributed by atoms with van der Waals surface area (Å²) in [5.41, 5.74) is 1.68. The van der Waals surface area contributed by atoms with Gasteiger partial charge in [0.15, 0.2) is 0 Å². The number of carbonyl (C=O) groups excluding carboxylic acids is 2. The third-order valence-electron chi connectivity index (χ3n) is 5.18. The van der Waals surface area contributed by atoms with E-state index >= 15 is 0 Å². The second-order valence-corrected chi connectivity index (χ2v) is 7.04. The molecule has 7 heteroatoms. The van der Waals surface area contributed by atoms with Crippen molar-refractivity contribution in [3.8, 4) is 5.75 Å². The number of piperidine rings is 1. The number of anilines is 1. The zero-order valence-electron chi connectivity index (χ0n) is 15.1. The zero-order valence-corrected chi connectivity index (χ0v) is 15.1. The maximum atomic E-state index is 12.8. The number of hydrogen-bond donors (Lipinski definition) is 1. The van der Waals surface area contributed by atoms with Gasteiger partial charge in [-0.05, 0) is 37.5 Å². The molecule has 2 atom stereocenters. The van der Waals surface area contributed by atoms with Crippen LogP contribution in [0.4, 0.5) is 5.69 Å². The first-order valence-electron chi connectivity index (χ1n) is 8.87. The van der Waals surface area contributed by atoms with Crippen molar-refractivity contribution in [2.24, 2.45) is 11.8 Å². The van der Waals surface area contributed by atoms with Gasteiger partial charge in [-0.25, -0.2) is 0 Å². The Morgan fingerprint density at radius 2 is 2.00 bits per heavy atom. The summed E-state index contributed by atoms with van der Waals surface area (Å²) in [4.78, 5) is 39.8. The van der Waals surface area contributed by atoms with E-state index in [4.69, 9.17) is 4.74 Å². The fourth-order valence-corrected chi connectivity index (χ4v) is 3.75. The van der Waals surface area contributed by atoms with Gasteiger partial charge in [0, 0.05) is 26.1 Å². The van der Waals surface area contributed by atoms with Crippen LogP contribution in [0.25, 0.3) is 0 Å². The Morgan fingerprint density at radius 3 is 2.69 bits per heavy atom. The van der Waals surface area contributed by atoms with Crippen molar-refractivity contribution >= 4 is 23.5 Å². The number of rotatable bonds is 4. The van der Waals surface area contributed by atoms with Crippen molar-refractivity contribution in [3.05, 3.63) is 23.8 Å². The number of likely N-dealkylation sites (tertiary alicyclic amines) is 1. The smallest absolute Gasteiger partial charge is 0.308 e. The van der Waals surface area contributed by atoms with Gasteiger partial charge in [-0.2, -0.15) is 0 Å². The fourth-order valence-electron chi connectivity index (χ4n) is 3.75. The zero-order chi connectivity index (χ0) is 18.8. The summed E-state index contributed by atoms with van der Waals surface area (Å²) in [7, 11) is 1.55. The molecule has 2 unspecified atom stereocenters. The van der Waals surface area contributed by atoms with Gasteiger partial charge in [-0.1, -0.05) is 6.07 Å². The van der Waals surface area contributed by atoms with Gasteiger partial charge in [-0.15, -0.1) is 0 Å². The van der Waals surface area contributed by atoms with Crippen LogP contribution in [-0.4, -0.2) is 54.5 Å². The lowest BCUT2D eigenvalue weighted by Gasteiger charge is -2.32. The van der Waals surface area contributed by atoms with E-state index < -0.39 is 17.8 Å². The highest BCUT2D eigenvalue weighted by atomic mass is 16.5. The largest absolute Gasteiger partial charge is 0.495 e. The number of aliphatic carboxylic acids is 1. The molecule has 3 rings (SSSR count). The second kappa shape index (κ2) is 7.35. The highest BCUT2D eigenvalue weighted by molar-refractivity contribution is 6.01. The molecular weight excluding hydrogens is 336 g/mol. The highest BCUT2D eigenvalue weighted by Gasteiger charge is 2.39. The van der Waals surface area contributed by atoms with Crippen molar-refractivity contribution in [1.29, 1.82) is 0 Å². The molecule has 7 nitrogen and oxygen atoms in total. The van der Waals surface area contributed by atoms with Crippen molar-refractivity contribution in [2.45, 2.75) is 26.2 Å². The van der Waals surface area contributed by atoms with Crippen molar-refractivity contribution < 1.29 is 24.2 Å². The lowest BCUT2D eigenvalue weighted by atomic mass is 9.96. The predicted molar refractivity (Wildman–Crippen MR) is 95.1 cm³/mol. The highest BCUT2D eigenvalue weighted by Crippen LogP contribution is 2.34. The quantitative estimate of drug-likeness (QED) is 0.883. The first kappa shape index (κ1) is 18.2. The minimum absolute atomic E-state index is 0.112. The molecule has 2 aliphatic heterocycles. The van der Waals surface area contributed by atoms with Gasteiger partial charge < -0.3 is 19.6 Å². The molecule has 1 aromatic rings. The number of carbonyl (C=O) groups is 3. The number of ether oxygens (including phenoxy) is 1. The van der Waals surface area contributed by atoms with E-state index in [1.165, 1.54) is 0 Å². The van der Waals surface area contributed by atoms with E-state index in [9.17, 15) is 19.5 Å². The van der Waals surface area contributed by atoms with E-state index in [1.807, 2.05) is 25.1 Å². The minimum atomic E-state index is -0.865. The Morgan fingerprint density at radius 1 is 1.23 bits per heavy atom. The Hall–Kier alpha value is -2.57. The molecule has 1 N–H and O–H groups in total. The van der Waals surface area contributed by atoms with Crippen molar-refractivity contribution in [3.63, 3.8) is 0 Å². The molecule has 0 spiro atoms. The van der Waals surface area contributed by atoms with Crippen molar-refractivity contribution in [2.75, 3.05) is 31.6 Å². The molecule has 26 heavy (non-hydrogen) atoms. The molecule has 2 fully saturated rings. The monoisotopic (exact) mass is 360 g/mol. The molecule has 0 aromatic heterocycles. The number of carboxylic acids is 1. The van der Waals surface area contributed by atoms with Gasteiger partial charge in [0.1, 0.15) is 5.75 Å². The number of aryl methyl sites for hydroxylation is 1. The molecule has 0 aliphatic carbocycles. The molecular formula is C19H24N2O5. The summed E-state index contributed by atoms with van der Waals surface area (Å²) in [6.07, 6.45) is 1.41. The Labute approximate surface area is 152 Å². The van der Waals surface area contributed by atoms with Gasteiger partial charge in [-0.3, -0.25) is 14.4 Å². The van der Waals surface area contributed by atoms with Gasteiger partial charge in [0.05, 0.1) is 24.6 Å². The average Bonchev–Trinajstić information content (AvgIpc) is 3.02. The first-order valence-corrected chi connectivity index (χ1v) is 8.87. The van der Waals surface area contributed by atoms with Crippen LogP contribution in [0.15, 0.2) is 18.2 Å². The van der Waals surface area contributed by atoms with E-state index in [0.717, 1.165) is 5.56 Å². The maximum Gasteiger partial charge on any atom is 0.308 e. The Kier molecular flexibility index (Phi) is 5.15. The number of nitrogens with zero attached hydrogens (tertiary/aromatic N) is 2. The molecule has 0 bridgehead atoms. The number of carboxylic acid groups (broad SMARTS) is 1. The molecule has 2 saturated heterocycles. The SMILES string of the molecule is COc1ccc(C)cc1N1CC(C(=O)N2CCCC(C(=O)O)C2)CC1=O. The molecule has 2 amide bonds. The van der Waals surface area contributed by atoms with Crippen LogP contribution in [0.1, 0.15) is 24.8 Å². The summed E-state index contributed by atoms with van der Waals surface area (Å²) in [5, 5.41) is 9.21. The summed E-state index contributed by atoms with van der Waals surface area (Å²) in [6, 6.07) is 5.60. The van der Waals surface area contributed by atoms with Gasteiger partial charge in [0.2, 0.25) is 11.8 Å². The summed E-state index contributed by atoms with van der Waals surface area (Å²) in [5.74, 6) is -1.47. The second-order valence-electron chi connectivity index (χ2n) is 7.04. The molecule has 1 aromatic carbocycles. The third kappa shape index (κ3) is 3.52. The van der Waals surface area contributed by atoms with Crippen LogP contribution in [-0.2, 0) is 14.4 Å². The predicted octanol–water partition coefficient (Wildman–Crippen LogP) is 1.68. The maximum absolute atomic E-state index is 12.8. The van der Waals surface area contributed by atoms with E-state index in [2.05, 4.69) is 0 Å². The molecule has 2 aliphatic rings. The van der Waals surface area contributed by atoms with Gasteiger partial charge >= 0.3 is 5.97 Å². The Bertz CT molecular complexity index is 733. The van der Waals surface area contributed by atoms with Crippen LogP contribution in [0.5, 0.6) is 5.75 Å². The molecule has 0 saturated carbocycles. The van der Waals surface area contributed by atoms with Gasteiger partial charge in [0.25, 0.3) is 0 Å². The average molecular weight is 360 g/mol. The first-order chi connectivity index (χ1) is 12.4. The number of amides is 2. The van der Waals surface area contributed by atoms with Crippen molar-refractivity contribution in [1.82, 2.24) is 4.90 Å². The number of methoxy groups -OCH3 is 1. The minimum Gasteiger partial charge on any atom is -0.495 e. The van der Waals surface area contributed by atoms with Crippen LogP contribution in [0.2, 0.25) is 0 Å². The Balaban J connectivity index is 1.74. The fraction of sp³-hybridized carbons (Fsp3) is 0.526. The van der Waals surface area contributed by atoms with Crippen LogP contribution >= 0.6 is 0 Å². The summed E-state index contributed by atoms with van der Waals surface area (Å²) < 4.78 is 5.36. The van der Waals surface area contributed by atoms with Crippen LogP contribution < -0.4 is 9.64 Å².